The highest BCUT2D eigenvalue weighted by Gasteiger charge is 2.27. The summed E-state index contributed by atoms with van der Waals surface area (Å²) in [5.41, 5.74) is 0.625. The van der Waals surface area contributed by atoms with Crippen molar-refractivity contribution in [2.45, 2.75) is 51.3 Å². The van der Waals surface area contributed by atoms with E-state index in [1.54, 1.807) is 12.0 Å². The lowest BCUT2D eigenvalue weighted by Crippen LogP contribution is -2.41. The zero-order valence-corrected chi connectivity index (χ0v) is 16.9. The van der Waals surface area contributed by atoms with Crippen molar-refractivity contribution in [2.24, 2.45) is 0 Å². The number of nitrogens with zero attached hydrogens (tertiary/aromatic N) is 2. The molecule has 1 aromatic carbocycles. The first-order valence-electron chi connectivity index (χ1n) is 9.93. The lowest BCUT2D eigenvalue weighted by molar-refractivity contribution is 0.0706. The highest BCUT2D eigenvalue weighted by molar-refractivity contribution is 5.95. The third-order valence-corrected chi connectivity index (χ3v) is 5.68. The minimum Gasteiger partial charge on any atom is -0.493 e. The summed E-state index contributed by atoms with van der Waals surface area (Å²) in [6, 6.07) is 6.16. The molecule has 1 unspecified atom stereocenters. The van der Waals surface area contributed by atoms with Crippen molar-refractivity contribution < 1.29 is 19.0 Å². The van der Waals surface area contributed by atoms with Gasteiger partial charge in [0.25, 0.3) is 5.91 Å². The molecule has 0 bridgehead atoms. The quantitative estimate of drug-likeness (QED) is 0.764. The maximum atomic E-state index is 12.9. The number of methoxy groups -OCH3 is 1. The van der Waals surface area contributed by atoms with E-state index in [9.17, 15) is 4.79 Å². The Balaban J connectivity index is 1.69. The van der Waals surface area contributed by atoms with E-state index in [0.29, 0.717) is 36.3 Å². The third kappa shape index (κ3) is 4.74. The number of likely N-dealkylation sites (N-methyl/N-ethyl adjacent to an activating group) is 1. The molecule has 0 saturated carbocycles. The molecule has 6 nitrogen and oxygen atoms in total. The molecule has 2 heterocycles. The van der Waals surface area contributed by atoms with Gasteiger partial charge in [0.05, 0.1) is 19.8 Å². The van der Waals surface area contributed by atoms with Crippen LogP contribution in [0.3, 0.4) is 0 Å². The highest BCUT2D eigenvalue weighted by Crippen LogP contribution is 2.31. The van der Waals surface area contributed by atoms with E-state index >= 15 is 0 Å². The van der Waals surface area contributed by atoms with Crippen molar-refractivity contribution >= 4 is 5.91 Å². The first-order valence-corrected chi connectivity index (χ1v) is 9.93. The summed E-state index contributed by atoms with van der Waals surface area (Å²) in [4.78, 5) is 17.1. The van der Waals surface area contributed by atoms with Crippen LogP contribution in [0.25, 0.3) is 0 Å². The van der Waals surface area contributed by atoms with E-state index in [1.165, 1.54) is 0 Å². The van der Waals surface area contributed by atoms with E-state index in [1.807, 2.05) is 25.2 Å². The smallest absolute Gasteiger partial charge is 0.254 e. The van der Waals surface area contributed by atoms with Crippen molar-refractivity contribution in [1.82, 2.24) is 9.80 Å². The Morgan fingerprint density at radius 3 is 2.56 bits per heavy atom. The molecule has 1 aromatic rings. The molecule has 0 aliphatic carbocycles. The highest BCUT2D eigenvalue weighted by atomic mass is 16.5. The Hall–Kier alpha value is -1.79. The van der Waals surface area contributed by atoms with Crippen molar-refractivity contribution in [3.05, 3.63) is 23.8 Å². The fourth-order valence-electron chi connectivity index (χ4n) is 3.79. The molecule has 6 heteroatoms. The topological polar surface area (TPSA) is 51.2 Å². The number of carbonyl (C=O) groups excluding carboxylic acids is 1. The Morgan fingerprint density at radius 2 is 1.96 bits per heavy atom. The molecule has 2 fully saturated rings. The fraction of sp³-hybridized carbons (Fsp3) is 0.667. The molecule has 27 heavy (non-hydrogen) atoms. The van der Waals surface area contributed by atoms with Crippen LogP contribution < -0.4 is 9.47 Å². The van der Waals surface area contributed by atoms with Crippen LogP contribution in [-0.2, 0) is 4.74 Å². The Morgan fingerprint density at radius 1 is 1.22 bits per heavy atom. The number of rotatable bonds is 6. The van der Waals surface area contributed by atoms with Crippen molar-refractivity contribution in [1.29, 1.82) is 0 Å². The standard InChI is InChI=1S/C21H32N2O4/c1-15(2)23-10-7-18(8-11-23)27-20-13-16(5-6-19(20)25-4)21(24)22(3)17-9-12-26-14-17/h5-6,13,15,17-18H,7-12,14H2,1-4H3. The van der Waals surface area contributed by atoms with Gasteiger partial charge >= 0.3 is 0 Å². The molecule has 0 N–H and O–H groups in total. The molecule has 0 radical (unpaired) electrons. The van der Waals surface area contributed by atoms with Gasteiger partial charge in [-0.1, -0.05) is 0 Å². The van der Waals surface area contributed by atoms with Crippen LogP contribution in [0.15, 0.2) is 18.2 Å². The summed E-state index contributed by atoms with van der Waals surface area (Å²) in [5, 5.41) is 0. The fourth-order valence-corrected chi connectivity index (χ4v) is 3.79. The number of hydrogen-bond donors (Lipinski definition) is 0. The average Bonchev–Trinajstić information content (AvgIpc) is 3.22. The number of hydrogen-bond acceptors (Lipinski definition) is 5. The van der Waals surface area contributed by atoms with Crippen molar-refractivity contribution in [2.75, 3.05) is 40.5 Å². The van der Waals surface area contributed by atoms with Crippen LogP contribution >= 0.6 is 0 Å². The second-order valence-electron chi connectivity index (χ2n) is 7.75. The predicted molar refractivity (Wildman–Crippen MR) is 105 cm³/mol. The van der Waals surface area contributed by atoms with E-state index in [4.69, 9.17) is 14.2 Å². The Kier molecular flexibility index (Phi) is 6.60. The van der Waals surface area contributed by atoms with E-state index < -0.39 is 0 Å². The SMILES string of the molecule is COc1ccc(C(=O)N(C)C2CCOC2)cc1OC1CCN(C(C)C)CC1. The average molecular weight is 376 g/mol. The Bertz CT molecular complexity index is 635. The first-order chi connectivity index (χ1) is 13.0. The molecule has 1 amide bonds. The summed E-state index contributed by atoms with van der Waals surface area (Å²) in [6.45, 7) is 7.85. The molecule has 2 aliphatic heterocycles. The monoisotopic (exact) mass is 376 g/mol. The number of ether oxygens (including phenoxy) is 3. The van der Waals surface area contributed by atoms with Gasteiger partial charge < -0.3 is 24.0 Å². The van der Waals surface area contributed by atoms with Gasteiger partial charge in [-0.2, -0.15) is 0 Å². The molecule has 3 rings (SSSR count). The van der Waals surface area contributed by atoms with Crippen molar-refractivity contribution in [3.8, 4) is 11.5 Å². The number of amides is 1. The van der Waals surface area contributed by atoms with Gasteiger partial charge in [0.1, 0.15) is 6.10 Å². The summed E-state index contributed by atoms with van der Waals surface area (Å²) in [6.07, 6.45) is 3.01. The minimum atomic E-state index is -0.00682. The van der Waals surface area contributed by atoms with E-state index in [0.717, 1.165) is 32.4 Å². The lowest BCUT2D eigenvalue weighted by Gasteiger charge is -2.34. The summed E-state index contributed by atoms with van der Waals surface area (Å²) in [7, 11) is 3.47. The van der Waals surface area contributed by atoms with Gasteiger partial charge in [-0.15, -0.1) is 0 Å². The molecule has 0 aromatic heterocycles. The van der Waals surface area contributed by atoms with Gasteiger partial charge in [-0.25, -0.2) is 0 Å². The van der Waals surface area contributed by atoms with E-state index in [2.05, 4.69) is 18.7 Å². The number of carbonyl (C=O) groups is 1. The molecule has 2 saturated heterocycles. The Labute approximate surface area is 162 Å². The van der Waals surface area contributed by atoms with Gasteiger partial charge in [0.15, 0.2) is 11.5 Å². The van der Waals surface area contributed by atoms with Gasteiger partial charge in [0.2, 0.25) is 0 Å². The second-order valence-corrected chi connectivity index (χ2v) is 7.75. The number of likely N-dealkylation sites (tertiary alicyclic amines) is 1. The first kappa shape index (κ1) is 20.0. The lowest BCUT2D eigenvalue weighted by atomic mass is 10.1. The van der Waals surface area contributed by atoms with Gasteiger partial charge in [-0.05, 0) is 51.3 Å². The molecule has 150 valence electrons. The van der Waals surface area contributed by atoms with Crippen LogP contribution in [0, 0.1) is 0 Å². The largest absolute Gasteiger partial charge is 0.493 e. The molecule has 0 spiro atoms. The summed E-state index contributed by atoms with van der Waals surface area (Å²) in [5.74, 6) is 1.32. The van der Waals surface area contributed by atoms with Gasteiger partial charge in [0, 0.05) is 38.3 Å². The normalized spacial score (nSPS) is 21.4. The van der Waals surface area contributed by atoms with Crippen LogP contribution in [0.4, 0.5) is 0 Å². The van der Waals surface area contributed by atoms with Crippen LogP contribution in [0.1, 0.15) is 43.5 Å². The molecular weight excluding hydrogens is 344 g/mol. The van der Waals surface area contributed by atoms with Crippen LogP contribution in [0.5, 0.6) is 11.5 Å². The maximum Gasteiger partial charge on any atom is 0.254 e. The zero-order chi connectivity index (χ0) is 19.4. The third-order valence-electron chi connectivity index (χ3n) is 5.68. The zero-order valence-electron chi connectivity index (χ0n) is 16.9. The second kappa shape index (κ2) is 8.93. The number of benzene rings is 1. The van der Waals surface area contributed by atoms with E-state index in [-0.39, 0.29) is 18.1 Å². The maximum absolute atomic E-state index is 12.9. The molecule has 1 atom stereocenters. The summed E-state index contributed by atoms with van der Waals surface area (Å²) < 4.78 is 17.1. The van der Waals surface area contributed by atoms with Crippen molar-refractivity contribution in [3.63, 3.8) is 0 Å². The van der Waals surface area contributed by atoms with Gasteiger partial charge in [-0.3, -0.25) is 4.79 Å². The van der Waals surface area contributed by atoms with Crippen LogP contribution in [-0.4, -0.2) is 74.4 Å². The summed E-state index contributed by atoms with van der Waals surface area (Å²) >= 11 is 0. The van der Waals surface area contributed by atoms with Crippen LogP contribution in [0.2, 0.25) is 0 Å². The number of piperidine rings is 1. The molecular formula is C21H32N2O4. The predicted octanol–water partition coefficient (Wildman–Crippen LogP) is 2.81. The molecule has 2 aliphatic rings. The minimum absolute atomic E-state index is 0.00682.